The first-order chi connectivity index (χ1) is 25.5. The van der Waals surface area contributed by atoms with Crippen LogP contribution in [0.1, 0.15) is 202 Å². The highest BCUT2D eigenvalue weighted by molar-refractivity contribution is 7.88. The fourth-order valence-electron chi connectivity index (χ4n) is 7.82. The van der Waals surface area contributed by atoms with Crippen molar-refractivity contribution < 1.29 is 32.8 Å². The fraction of sp³-hybridized carbons (Fsp3) is 0.822. The number of hydrogen-bond acceptors (Lipinski definition) is 5. The summed E-state index contributed by atoms with van der Waals surface area (Å²) in [5, 5.41) is 19.7. The van der Waals surface area contributed by atoms with Crippen molar-refractivity contribution in [3.8, 4) is 0 Å². The molecule has 0 aliphatic heterocycles. The van der Waals surface area contributed by atoms with Gasteiger partial charge in [0, 0.05) is 5.54 Å². The largest absolute Gasteiger partial charge is 0.481 e. The van der Waals surface area contributed by atoms with Crippen LogP contribution in [0.4, 0.5) is 0 Å². The molecule has 0 spiro atoms. The Bertz CT molecular complexity index is 1200. The normalized spacial score (nSPS) is 15.4. The molecule has 1 aromatic carbocycles. The van der Waals surface area contributed by atoms with Gasteiger partial charge in [-0.15, -0.1) is 0 Å². The van der Waals surface area contributed by atoms with E-state index in [1.54, 1.807) is 0 Å². The van der Waals surface area contributed by atoms with E-state index in [0.717, 1.165) is 32.1 Å². The van der Waals surface area contributed by atoms with Crippen molar-refractivity contribution in [3.63, 3.8) is 0 Å². The maximum Gasteiger partial charge on any atom is 0.328 e. The third kappa shape index (κ3) is 20.8. The predicted octanol–water partition coefficient (Wildman–Crippen LogP) is 12.3. The molecule has 0 aliphatic rings. The second-order valence-corrected chi connectivity index (χ2v) is 18.4. The zero-order chi connectivity index (χ0) is 41.0. The standard InChI is InChI=1S/C25H45N.C20H38O7S/c1-4-5-6-7-8-9-10-11-12-13-14-18-21-24(25(2,3)26)22-23-19-16-15-17-20-23;1-5-9-11-15(7-3)13-17(18(21)22)20(19(23)24,28(25,26)27)14-16(8-4)12-10-6-2/h15-17,19-20,24H,4-14,18,21-22,26H2,1-3H3;15-17H,5-14H2,1-4H3,(H,21,22)(H,23,24)(H,25,26,27). The van der Waals surface area contributed by atoms with E-state index in [1.807, 2.05) is 27.7 Å². The molecule has 0 bridgehead atoms. The van der Waals surface area contributed by atoms with Gasteiger partial charge in [-0.25, -0.2) is 0 Å². The first kappa shape index (κ1) is 52.0. The van der Waals surface area contributed by atoms with Crippen LogP contribution >= 0.6 is 0 Å². The molecule has 5 unspecified atom stereocenters. The van der Waals surface area contributed by atoms with Gasteiger partial charge in [-0.1, -0.05) is 193 Å². The Balaban J connectivity index is 0.00000104. The van der Waals surface area contributed by atoms with Crippen molar-refractivity contribution in [2.45, 2.75) is 213 Å². The topological polar surface area (TPSA) is 155 Å². The smallest absolute Gasteiger partial charge is 0.328 e. The lowest BCUT2D eigenvalue weighted by molar-refractivity contribution is -0.153. The number of carboxylic acid groups (broad SMARTS) is 2. The van der Waals surface area contributed by atoms with E-state index in [9.17, 15) is 32.8 Å². The summed E-state index contributed by atoms with van der Waals surface area (Å²) in [5.74, 6) is -4.79. The van der Waals surface area contributed by atoms with Crippen LogP contribution in [-0.2, 0) is 26.1 Å². The highest BCUT2D eigenvalue weighted by Gasteiger charge is 2.60. The average molecular weight is 782 g/mol. The lowest BCUT2D eigenvalue weighted by atomic mass is 9.76. The van der Waals surface area contributed by atoms with Crippen molar-refractivity contribution in [1.82, 2.24) is 0 Å². The molecule has 0 radical (unpaired) electrons. The van der Waals surface area contributed by atoms with Gasteiger partial charge in [-0.05, 0) is 62.8 Å². The number of aliphatic carboxylic acids is 2. The molecule has 5 atom stereocenters. The highest BCUT2D eigenvalue weighted by Crippen LogP contribution is 2.41. The minimum Gasteiger partial charge on any atom is -0.481 e. The van der Waals surface area contributed by atoms with Crippen molar-refractivity contribution in [1.29, 1.82) is 0 Å². The number of carboxylic acids is 2. The zero-order valence-corrected chi connectivity index (χ0v) is 36.4. The Hall–Kier alpha value is -1.97. The second kappa shape index (κ2) is 29.3. The summed E-state index contributed by atoms with van der Waals surface area (Å²) in [6.45, 7) is 14.4. The van der Waals surface area contributed by atoms with Crippen LogP contribution in [0, 0.1) is 23.7 Å². The van der Waals surface area contributed by atoms with Gasteiger partial charge >= 0.3 is 11.9 Å². The Morgan fingerprint density at radius 2 is 1.11 bits per heavy atom. The molecule has 0 saturated carbocycles. The van der Waals surface area contributed by atoms with E-state index in [2.05, 4.69) is 51.1 Å². The summed E-state index contributed by atoms with van der Waals surface area (Å²) in [5.41, 5.74) is 7.80. The van der Waals surface area contributed by atoms with E-state index < -0.39 is 39.1 Å². The van der Waals surface area contributed by atoms with Gasteiger partial charge in [0.2, 0.25) is 4.75 Å². The van der Waals surface area contributed by atoms with Crippen molar-refractivity contribution in [2.75, 3.05) is 0 Å². The summed E-state index contributed by atoms with van der Waals surface area (Å²) in [7, 11) is -5.15. The molecule has 1 aromatic rings. The average Bonchev–Trinajstić information content (AvgIpc) is 3.11. The van der Waals surface area contributed by atoms with E-state index in [4.69, 9.17) is 5.73 Å². The Morgan fingerprint density at radius 3 is 1.50 bits per heavy atom. The summed E-state index contributed by atoms with van der Waals surface area (Å²) >= 11 is 0. The molecule has 5 N–H and O–H groups in total. The number of hydrogen-bond donors (Lipinski definition) is 4. The molecular weight excluding hydrogens is 699 g/mol. The maximum atomic E-state index is 12.4. The summed E-state index contributed by atoms with van der Waals surface area (Å²) < 4.78 is 32.0. The Morgan fingerprint density at radius 1 is 0.667 bits per heavy atom. The molecule has 0 fully saturated rings. The minimum absolute atomic E-state index is 0.0812. The fourth-order valence-corrected chi connectivity index (χ4v) is 9.04. The van der Waals surface area contributed by atoms with Gasteiger partial charge < -0.3 is 15.9 Å². The number of unbranched alkanes of at least 4 members (excludes halogenated alkanes) is 13. The molecule has 0 saturated heterocycles. The van der Waals surface area contributed by atoms with Gasteiger partial charge in [0.05, 0.1) is 5.92 Å². The molecule has 0 heterocycles. The van der Waals surface area contributed by atoms with Crippen LogP contribution < -0.4 is 5.73 Å². The minimum atomic E-state index is -5.15. The van der Waals surface area contributed by atoms with Crippen molar-refractivity contribution >= 4 is 22.1 Å². The van der Waals surface area contributed by atoms with Crippen LogP contribution in [0.2, 0.25) is 0 Å². The van der Waals surface area contributed by atoms with Crippen molar-refractivity contribution in [3.05, 3.63) is 35.9 Å². The molecule has 0 aliphatic carbocycles. The van der Waals surface area contributed by atoms with E-state index in [0.29, 0.717) is 31.6 Å². The van der Waals surface area contributed by atoms with Crippen LogP contribution in [0.15, 0.2) is 30.3 Å². The third-order valence-corrected chi connectivity index (χ3v) is 13.3. The molecule has 316 valence electrons. The predicted molar refractivity (Wildman–Crippen MR) is 226 cm³/mol. The van der Waals surface area contributed by atoms with E-state index in [1.165, 1.54) is 89.0 Å². The Kier molecular flexibility index (Phi) is 28.2. The quantitative estimate of drug-likeness (QED) is 0.0416. The Labute approximate surface area is 332 Å². The van der Waals surface area contributed by atoms with E-state index in [-0.39, 0.29) is 23.8 Å². The van der Waals surface area contributed by atoms with Gasteiger partial charge in [0.25, 0.3) is 10.1 Å². The monoisotopic (exact) mass is 782 g/mol. The summed E-state index contributed by atoms with van der Waals surface area (Å²) in [6, 6.07) is 10.8. The van der Waals surface area contributed by atoms with Crippen molar-refractivity contribution in [2.24, 2.45) is 29.4 Å². The first-order valence-corrected chi connectivity index (χ1v) is 23.2. The van der Waals surface area contributed by atoms with Gasteiger partial charge in [0.15, 0.2) is 0 Å². The van der Waals surface area contributed by atoms with Gasteiger partial charge in [0.1, 0.15) is 0 Å². The highest BCUT2D eigenvalue weighted by atomic mass is 32.2. The number of rotatable bonds is 32. The maximum absolute atomic E-state index is 12.4. The number of benzene rings is 1. The van der Waals surface area contributed by atoms with Crippen LogP contribution in [0.5, 0.6) is 0 Å². The SMILES string of the molecule is CCCCC(CC)CC(C(=O)O)C(CC(CC)CCCC)(C(=O)O)S(=O)(=O)O.CCCCCCCCCCCCCCC(Cc1ccccc1)C(C)(C)N. The number of carbonyl (C=O) groups is 2. The van der Waals surface area contributed by atoms with Gasteiger partial charge in [-0.2, -0.15) is 8.42 Å². The van der Waals surface area contributed by atoms with Crippen LogP contribution in [-0.4, -0.2) is 45.4 Å². The van der Waals surface area contributed by atoms with Crippen LogP contribution in [0.25, 0.3) is 0 Å². The van der Waals surface area contributed by atoms with Gasteiger partial charge in [-0.3, -0.25) is 14.1 Å². The molecular formula is C45H83NO7S. The molecule has 0 amide bonds. The van der Waals surface area contributed by atoms with E-state index >= 15 is 0 Å². The molecule has 54 heavy (non-hydrogen) atoms. The first-order valence-electron chi connectivity index (χ1n) is 21.8. The number of nitrogens with two attached hydrogens (primary N) is 1. The van der Waals surface area contributed by atoms with Crippen LogP contribution in [0.3, 0.4) is 0 Å². The summed E-state index contributed by atoms with van der Waals surface area (Å²) in [4.78, 5) is 24.3. The second-order valence-electron chi connectivity index (χ2n) is 16.7. The lowest BCUT2D eigenvalue weighted by Crippen LogP contribution is -2.56. The molecule has 8 nitrogen and oxygen atoms in total. The molecule has 1 rings (SSSR count). The lowest BCUT2D eigenvalue weighted by Gasteiger charge is -2.36. The summed E-state index contributed by atoms with van der Waals surface area (Å²) in [6.07, 6.45) is 24.7. The molecule has 9 heteroatoms. The zero-order valence-electron chi connectivity index (χ0n) is 35.6. The third-order valence-electron chi connectivity index (χ3n) is 11.7. The molecule has 0 aromatic heterocycles.